The van der Waals surface area contributed by atoms with Crippen molar-refractivity contribution in [1.82, 2.24) is 4.72 Å². The van der Waals surface area contributed by atoms with Gasteiger partial charge in [-0.05, 0) is 37.0 Å². The predicted octanol–water partition coefficient (Wildman–Crippen LogP) is 0.994. The Kier molecular flexibility index (Phi) is 3.68. The third kappa shape index (κ3) is 2.79. The lowest BCUT2D eigenvalue weighted by atomic mass is 9.61. The van der Waals surface area contributed by atoms with Crippen LogP contribution in [0.25, 0.3) is 0 Å². The Morgan fingerprint density at radius 2 is 1.79 bits per heavy atom. The summed E-state index contributed by atoms with van der Waals surface area (Å²) in [4.78, 5) is 12.3. The van der Waals surface area contributed by atoms with E-state index in [4.69, 9.17) is 5.73 Å². The van der Waals surface area contributed by atoms with Crippen LogP contribution in [0.2, 0.25) is 0 Å². The zero-order valence-electron chi connectivity index (χ0n) is 11.8. The first kappa shape index (κ1) is 14.8. The lowest BCUT2D eigenvalue weighted by molar-refractivity contribution is -0.130. The van der Waals surface area contributed by atoms with Crippen LogP contribution in [0.5, 0.6) is 0 Å². The Labute approximate surface area is 115 Å². The summed E-state index contributed by atoms with van der Waals surface area (Å²) in [5.74, 6) is -0.438. The van der Waals surface area contributed by atoms with Crippen molar-refractivity contribution in [2.45, 2.75) is 57.7 Å². The third-order valence-corrected chi connectivity index (χ3v) is 6.86. The van der Waals surface area contributed by atoms with Gasteiger partial charge in [0.15, 0.2) is 0 Å². The molecule has 0 bridgehead atoms. The molecule has 3 N–H and O–H groups in total. The molecule has 110 valence electrons. The number of nitrogens with one attached hydrogen (secondary N) is 1. The molecule has 2 aliphatic carbocycles. The summed E-state index contributed by atoms with van der Waals surface area (Å²) in [6, 6.07) is 0.0825. The first-order valence-electron chi connectivity index (χ1n) is 6.97. The van der Waals surface area contributed by atoms with Gasteiger partial charge in [0.1, 0.15) is 0 Å². The van der Waals surface area contributed by atoms with Crippen molar-refractivity contribution in [2.75, 3.05) is 0 Å². The molecule has 0 heterocycles. The van der Waals surface area contributed by atoms with E-state index >= 15 is 0 Å². The minimum Gasteiger partial charge on any atom is -0.327 e. The molecule has 0 spiro atoms. The second kappa shape index (κ2) is 4.74. The van der Waals surface area contributed by atoms with Crippen LogP contribution < -0.4 is 10.5 Å². The highest BCUT2D eigenvalue weighted by Gasteiger charge is 2.47. The van der Waals surface area contributed by atoms with E-state index in [1.54, 1.807) is 0 Å². The monoisotopic (exact) mass is 288 g/mol. The lowest BCUT2D eigenvalue weighted by Crippen LogP contribution is -2.52. The Balaban J connectivity index is 2.10. The summed E-state index contributed by atoms with van der Waals surface area (Å²) < 4.78 is 26.0. The summed E-state index contributed by atoms with van der Waals surface area (Å²) in [5, 5.41) is -0.358. The van der Waals surface area contributed by atoms with Gasteiger partial charge in [0.05, 0.1) is 5.25 Å². The molecule has 2 aliphatic rings. The summed E-state index contributed by atoms with van der Waals surface area (Å²) in [5.41, 5.74) is 5.77. The van der Waals surface area contributed by atoms with E-state index in [-0.39, 0.29) is 34.4 Å². The summed E-state index contributed by atoms with van der Waals surface area (Å²) >= 11 is 0. The van der Waals surface area contributed by atoms with Crippen molar-refractivity contribution in [1.29, 1.82) is 0 Å². The maximum absolute atomic E-state index is 12.3. The maximum Gasteiger partial charge on any atom is 0.237 e. The second-order valence-electron chi connectivity index (χ2n) is 6.61. The Bertz CT molecular complexity index is 468. The van der Waals surface area contributed by atoms with Gasteiger partial charge in [-0.25, -0.2) is 8.42 Å². The zero-order chi connectivity index (χ0) is 14.4. The van der Waals surface area contributed by atoms with Gasteiger partial charge in [0.25, 0.3) is 0 Å². The summed E-state index contributed by atoms with van der Waals surface area (Å²) in [6.45, 7) is 6.05. The topological polar surface area (TPSA) is 89.3 Å². The van der Waals surface area contributed by atoms with Gasteiger partial charge < -0.3 is 5.73 Å². The van der Waals surface area contributed by atoms with Crippen LogP contribution in [-0.2, 0) is 14.8 Å². The fourth-order valence-electron chi connectivity index (χ4n) is 2.99. The van der Waals surface area contributed by atoms with E-state index in [2.05, 4.69) is 4.72 Å². The van der Waals surface area contributed by atoms with E-state index in [1.165, 1.54) is 0 Å². The number of amides is 1. The lowest BCUT2D eigenvalue weighted by Gasteiger charge is -2.45. The molecule has 19 heavy (non-hydrogen) atoms. The Morgan fingerprint density at radius 3 is 2.32 bits per heavy atom. The van der Waals surface area contributed by atoms with Crippen LogP contribution in [0, 0.1) is 17.3 Å². The number of carbonyl (C=O) groups excluding carboxylic acids is 1. The fourth-order valence-corrected chi connectivity index (χ4v) is 4.34. The smallest absolute Gasteiger partial charge is 0.237 e. The van der Waals surface area contributed by atoms with E-state index in [1.807, 2.05) is 20.8 Å². The van der Waals surface area contributed by atoms with E-state index in [0.29, 0.717) is 19.3 Å². The highest BCUT2D eigenvalue weighted by molar-refractivity contribution is 7.90. The number of hydrogen-bond acceptors (Lipinski definition) is 4. The number of carbonyl (C=O) groups is 1. The average molecular weight is 288 g/mol. The van der Waals surface area contributed by atoms with Crippen LogP contribution in [0.1, 0.15) is 46.5 Å². The second-order valence-corrected chi connectivity index (χ2v) is 8.58. The normalized spacial score (nSPS) is 34.8. The molecule has 2 saturated carbocycles. The van der Waals surface area contributed by atoms with E-state index < -0.39 is 10.0 Å². The van der Waals surface area contributed by atoms with Gasteiger partial charge >= 0.3 is 0 Å². The maximum atomic E-state index is 12.3. The van der Waals surface area contributed by atoms with Crippen LogP contribution in [0.3, 0.4) is 0 Å². The molecule has 2 fully saturated rings. The Morgan fingerprint density at radius 1 is 1.21 bits per heavy atom. The molecular weight excluding hydrogens is 264 g/mol. The molecule has 0 aromatic rings. The van der Waals surface area contributed by atoms with Crippen molar-refractivity contribution >= 4 is 15.9 Å². The fraction of sp³-hybridized carbons (Fsp3) is 0.923. The van der Waals surface area contributed by atoms with Crippen LogP contribution in [0.15, 0.2) is 0 Å². The molecular formula is C13H24N2O3S. The molecule has 1 amide bonds. The number of hydrogen-bond donors (Lipinski definition) is 2. The highest BCUT2D eigenvalue weighted by atomic mass is 32.2. The minimum absolute atomic E-state index is 0.0825. The predicted molar refractivity (Wildman–Crippen MR) is 73.7 cm³/mol. The van der Waals surface area contributed by atoms with Gasteiger partial charge in [-0.3, -0.25) is 9.52 Å². The molecule has 5 nitrogen and oxygen atoms in total. The SMILES string of the molecule is CC1C(N)CCC(C(=O)NS(=O)(=O)C2CC2)C1(C)C. The van der Waals surface area contributed by atoms with Crippen molar-refractivity contribution in [3.8, 4) is 0 Å². The Hall–Kier alpha value is -0.620. The molecule has 3 unspecified atom stereocenters. The van der Waals surface area contributed by atoms with Gasteiger partial charge in [-0.15, -0.1) is 0 Å². The largest absolute Gasteiger partial charge is 0.327 e. The molecule has 3 atom stereocenters. The minimum atomic E-state index is -3.45. The third-order valence-electron chi connectivity index (χ3n) is 5.03. The molecule has 6 heteroatoms. The molecule has 0 aromatic heterocycles. The van der Waals surface area contributed by atoms with Gasteiger partial charge in [-0.1, -0.05) is 20.8 Å². The van der Waals surface area contributed by atoms with Crippen molar-refractivity contribution in [3.63, 3.8) is 0 Å². The number of sulfonamides is 1. The van der Waals surface area contributed by atoms with Crippen LogP contribution in [0.4, 0.5) is 0 Å². The molecule has 2 rings (SSSR count). The molecule has 0 radical (unpaired) electrons. The number of rotatable bonds is 3. The van der Waals surface area contributed by atoms with Crippen LogP contribution in [-0.4, -0.2) is 25.6 Å². The molecule has 0 aromatic carbocycles. The summed E-state index contributed by atoms with van der Waals surface area (Å²) in [6.07, 6.45) is 2.76. The van der Waals surface area contributed by atoms with Crippen molar-refractivity contribution in [2.24, 2.45) is 23.0 Å². The van der Waals surface area contributed by atoms with Crippen molar-refractivity contribution in [3.05, 3.63) is 0 Å². The first-order valence-corrected chi connectivity index (χ1v) is 8.52. The standard InChI is InChI=1S/C13H24N2O3S/c1-8-11(14)7-6-10(13(8,2)3)12(16)15-19(17,18)9-4-5-9/h8-11H,4-7,14H2,1-3H3,(H,15,16). The summed E-state index contributed by atoms with van der Waals surface area (Å²) in [7, 11) is -3.45. The quantitative estimate of drug-likeness (QED) is 0.810. The van der Waals surface area contributed by atoms with E-state index in [9.17, 15) is 13.2 Å². The van der Waals surface area contributed by atoms with Crippen LogP contribution >= 0.6 is 0 Å². The average Bonchev–Trinajstić information content (AvgIpc) is 3.08. The van der Waals surface area contributed by atoms with E-state index in [0.717, 1.165) is 6.42 Å². The highest BCUT2D eigenvalue weighted by Crippen LogP contribution is 2.44. The molecule has 0 aliphatic heterocycles. The zero-order valence-corrected chi connectivity index (χ0v) is 12.7. The first-order chi connectivity index (χ1) is 8.66. The van der Waals surface area contributed by atoms with Gasteiger partial charge in [-0.2, -0.15) is 0 Å². The van der Waals surface area contributed by atoms with Crippen molar-refractivity contribution < 1.29 is 13.2 Å². The van der Waals surface area contributed by atoms with Gasteiger partial charge in [0.2, 0.25) is 15.9 Å². The number of nitrogens with two attached hydrogens (primary N) is 1. The van der Waals surface area contributed by atoms with Gasteiger partial charge in [0, 0.05) is 12.0 Å². The molecule has 0 saturated heterocycles.